The maximum atomic E-state index is 10.6. The lowest BCUT2D eigenvalue weighted by atomic mass is 10.1. The van der Waals surface area contributed by atoms with E-state index in [1.807, 2.05) is 36.4 Å². The van der Waals surface area contributed by atoms with Gasteiger partial charge in [0.2, 0.25) is 0 Å². The number of hydrogen-bond donors (Lipinski definition) is 1. The minimum Gasteiger partial charge on any atom is -0.481 e. The Morgan fingerprint density at radius 2 is 2.31 bits per heavy atom. The first kappa shape index (κ1) is 13.0. The summed E-state index contributed by atoms with van der Waals surface area (Å²) >= 11 is 3.40. The number of carbonyl (C=O) groups is 1. The second-order valence-corrected chi connectivity index (χ2v) is 4.69. The van der Waals surface area contributed by atoms with Crippen molar-refractivity contribution in [3.8, 4) is 0 Å². The van der Waals surface area contributed by atoms with Crippen molar-refractivity contribution < 1.29 is 9.90 Å². The number of hydrogen-bond acceptors (Lipinski definition) is 1. The van der Waals surface area contributed by atoms with Crippen LogP contribution in [0.3, 0.4) is 0 Å². The lowest BCUT2D eigenvalue weighted by molar-refractivity contribution is -0.141. The first-order valence-corrected chi connectivity index (χ1v) is 6.04. The summed E-state index contributed by atoms with van der Waals surface area (Å²) in [5.41, 5.74) is 1.12. The number of benzene rings is 1. The van der Waals surface area contributed by atoms with Gasteiger partial charge in [-0.3, -0.25) is 4.79 Å². The second-order valence-electron chi connectivity index (χ2n) is 3.77. The van der Waals surface area contributed by atoms with Crippen LogP contribution in [0.5, 0.6) is 0 Å². The molecule has 1 atom stereocenters. The molecule has 1 aromatic carbocycles. The Balaban J connectivity index is 2.41. The molecule has 1 N–H and O–H groups in total. The molecule has 0 aliphatic rings. The molecule has 1 aromatic rings. The molecule has 0 radical (unpaired) electrons. The Kier molecular flexibility index (Phi) is 5.26. The van der Waals surface area contributed by atoms with Gasteiger partial charge in [-0.05, 0) is 30.5 Å². The van der Waals surface area contributed by atoms with E-state index < -0.39 is 5.97 Å². The van der Waals surface area contributed by atoms with E-state index in [9.17, 15) is 4.79 Å². The van der Waals surface area contributed by atoms with Crippen LogP contribution in [0.15, 0.2) is 34.8 Å². The van der Waals surface area contributed by atoms with Crippen LogP contribution in [-0.2, 0) is 4.79 Å². The molecule has 16 heavy (non-hydrogen) atoms. The molecule has 0 aliphatic heterocycles. The molecule has 0 amide bonds. The Morgan fingerprint density at radius 1 is 1.56 bits per heavy atom. The summed E-state index contributed by atoms with van der Waals surface area (Å²) < 4.78 is 1.05. The van der Waals surface area contributed by atoms with E-state index in [1.165, 1.54) is 0 Å². The van der Waals surface area contributed by atoms with E-state index >= 15 is 0 Å². The average molecular weight is 283 g/mol. The number of aliphatic carboxylic acids is 1. The molecule has 3 heteroatoms. The van der Waals surface area contributed by atoms with Gasteiger partial charge in [-0.1, -0.05) is 47.1 Å². The molecule has 0 spiro atoms. The van der Waals surface area contributed by atoms with E-state index in [-0.39, 0.29) is 5.92 Å². The van der Waals surface area contributed by atoms with Gasteiger partial charge in [-0.15, -0.1) is 0 Å². The van der Waals surface area contributed by atoms with Crippen molar-refractivity contribution in [3.05, 3.63) is 40.4 Å². The molecule has 0 bridgehead atoms. The quantitative estimate of drug-likeness (QED) is 0.888. The van der Waals surface area contributed by atoms with E-state index in [1.54, 1.807) is 6.92 Å². The lowest BCUT2D eigenvalue weighted by Gasteiger charge is -2.01. The molecule has 1 rings (SSSR count). The van der Waals surface area contributed by atoms with Crippen molar-refractivity contribution in [2.75, 3.05) is 0 Å². The third-order valence-corrected chi connectivity index (χ3v) is 2.84. The molecule has 0 fully saturated rings. The molecule has 0 saturated carbocycles. The van der Waals surface area contributed by atoms with E-state index in [4.69, 9.17) is 5.11 Å². The van der Waals surface area contributed by atoms with Crippen LogP contribution in [0, 0.1) is 5.92 Å². The van der Waals surface area contributed by atoms with Crippen LogP contribution in [0.4, 0.5) is 0 Å². The van der Waals surface area contributed by atoms with Crippen molar-refractivity contribution in [2.45, 2.75) is 19.8 Å². The van der Waals surface area contributed by atoms with Crippen LogP contribution in [0.2, 0.25) is 0 Å². The Labute approximate surface area is 104 Å². The van der Waals surface area contributed by atoms with Crippen molar-refractivity contribution in [3.63, 3.8) is 0 Å². The highest BCUT2D eigenvalue weighted by Crippen LogP contribution is 2.14. The predicted molar refractivity (Wildman–Crippen MR) is 69.2 cm³/mol. The summed E-state index contributed by atoms with van der Waals surface area (Å²) in [6.45, 7) is 1.73. The number of allylic oxidation sites excluding steroid dienone is 1. The number of carboxylic acid groups (broad SMARTS) is 1. The van der Waals surface area contributed by atoms with Crippen LogP contribution in [0.25, 0.3) is 6.08 Å². The standard InChI is InChI=1S/C13H15BrO2/c1-10(13(15)16)5-2-3-6-11-7-4-8-12(14)9-11/h3-4,6-10H,2,5H2,1H3,(H,15,16)/b6-3+. The number of rotatable bonds is 5. The second kappa shape index (κ2) is 6.48. The average Bonchev–Trinajstić information content (AvgIpc) is 2.24. The van der Waals surface area contributed by atoms with Gasteiger partial charge in [0, 0.05) is 4.47 Å². The zero-order valence-electron chi connectivity index (χ0n) is 9.19. The van der Waals surface area contributed by atoms with Gasteiger partial charge in [-0.25, -0.2) is 0 Å². The number of halogens is 1. The lowest BCUT2D eigenvalue weighted by Crippen LogP contribution is -2.08. The highest BCUT2D eigenvalue weighted by molar-refractivity contribution is 9.10. The fraction of sp³-hybridized carbons (Fsp3) is 0.308. The minimum atomic E-state index is -0.726. The van der Waals surface area contributed by atoms with E-state index in [0.717, 1.165) is 16.5 Å². The monoisotopic (exact) mass is 282 g/mol. The van der Waals surface area contributed by atoms with Gasteiger partial charge in [0.15, 0.2) is 0 Å². The number of carboxylic acids is 1. The van der Waals surface area contributed by atoms with Crippen molar-refractivity contribution in [2.24, 2.45) is 5.92 Å². The maximum Gasteiger partial charge on any atom is 0.306 e. The summed E-state index contributed by atoms with van der Waals surface area (Å²) in [5, 5.41) is 8.70. The molecule has 0 heterocycles. The first-order valence-electron chi connectivity index (χ1n) is 5.24. The third kappa shape index (κ3) is 4.62. The first-order chi connectivity index (χ1) is 7.59. The SMILES string of the molecule is CC(CC/C=C/c1cccc(Br)c1)C(=O)O. The molecular formula is C13H15BrO2. The van der Waals surface area contributed by atoms with E-state index in [2.05, 4.69) is 15.9 Å². The molecular weight excluding hydrogens is 268 g/mol. The predicted octanol–water partition coefficient (Wildman–Crippen LogP) is 3.96. The highest BCUT2D eigenvalue weighted by Gasteiger charge is 2.08. The fourth-order valence-electron chi connectivity index (χ4n) is 1.30. The summed E-state index contributed by atoms with van der Waals surface area (Å²) in [6, 6.07) is 7.99. The van der Waals surface area contributed by atoms with Gasteiger partial charge in [0.05, 0.1) is 5.92 Å². The summed E-state index contributed by atoms with van der Waals surface area (Å²) in [4.78, 5) is 10.6. The van der Waals surface area contributed by atoms with Gasteiger partial charge in [-0.2, -0.15) is 0 Å². The third-order valence-electron chi connectivity index (χ3n) is 2.35. The topological polar surface area (TPSA) is 37.3 Å². The van der Waals surface area contributed by atoms with Crippen LogP contribution in [-0.4, -0.2) is 11.1 Å². The van der Waals surface area contributed by atoms with Crippen molar-refractivity contribution in [1.29, 1.82) is 0 Å². The summed E-state index contributed by atoms with van der Waals surface area (Å²) in [6.07, 6.45) is 5.50. The summed E-state index contributed by atoms with van der Waals surface area (Å²) in [5.74, 6) is -0.997. The zero-order chi connectivity index (χ0) is 12.0. The van der Waals surface area contributed by atoms with Crippen molar-refractivity contribution >= 4 is 28.0 Å². The molecule has 0 aliphatic carbocycles. The van der Waals surface area contributed by atoms with Crippen LogP contribution >= 0.6 is 15.9 Å². The maximum absolute atomic E-state index is 10.6. The Bertz CT molecular complexity index is 385. The highest BCUT2D eigenvalue weighted by atomic mass is 79.9. The normalized spacial score (nSPS) is 12.9. The molecule has 0 aromatic heterocycles. The zero-order valence-corrected chi connectivity index (χ0v) is 10.8. The van der Waals surface area contributed by atoms with Gasteiger partial charge >= 0.3 is 5.97 Å². The molecule has 0 saturated heterocycles. The van der Waals surface area contributed by atoms with Crippen LogP contribution < -0.4 is 0 Å². The Hall–Kier alpha value is -1.09. The summed E-state index contributed by atoms with van der Waals surface area (Å²) in [7, 11) is 0. The van der Waals surface area contributed by atoms with E-state index in [0.29, 0.717) is 6.42 Å². The Morgan fingerprint density at radius 3 is 2.94 bits per heavy atom. The van der Waals surface area contributed by atoms with Gasteiger partial charge in [0.25, 0.3) is 0 Å². The molecule has 2 nitrogen and oxygen atoms in total. The fourth-order valence-corrected chi connectivity index (χ4v) is 1.72. The largest absolute Gasteiger partial charge is 0.481 e. The van der Waals surface area contributed by atoms with Gasteiger partial charge < -0.3 is 5.11 Å². The van der Waals surface area contributed by atoms with Crippen molar-refractivity contribution in [1.82, 2.24) is 0 Å². The minimum absolute atomic E-state index is 0.271. The smallest absolute Gasteiger partial charge is 0.306 e. The molecule has 1 unspecified atom stereocenters. The van der Waals surface area contributed by atoms with Crippen LogP contribution in [0.1, 0.15) is 25.3 Å². The van der Waals surface area contributed by atoms with Gasteiger partial charge in [0.1, 0.15) is 0 Å². The molecule has 86 valence electrons.